The smallest absolute Gasteiger partial charge is 0.170 e. The number of halogens is 1. The molecule has 4 nitrogen and oxygen atoms in total. The average Bonchev–Trinajstić information content (AvgIpc) is 2.69. The second kappa shape index (κ2) is 10.9. The highest BCUT2D eigenvalue weighted by atomic mass is 35.5. The Labute approximate surface area is 175 Å². The number of benzene rings is 2. The molecule has 0 saturated carbocycles. The third-order valence-electron chi connectivity index (χ3n) is 4.34. The summed E-state index contributed by atoms with van der Waals surface area (Å²) in [4.78, 5) is 2.79. The van der Waals surface area contributed by atoms with E-state index in [0.29, 0.717) is 5.11 Å². The largest absolute Gasteiger partial charge is 0.370 e. The molecule has 0 amide bonds. The number of hydrogen-bond acceptors (Lipinski definition) is 3. The van der Waals surface area contributed by atoms with Crippen molar-refractivity contribution in [2.24, 2.45) is 0 Å². The van der Waals surface area contributed by atoms with Crippen LogP contribution in [0, 0.1) is 0 Å². The second-order valence-electron chi connectivity index (χ2n) is 6.42. The summed E-state index contributed by atoms with van der Waals surface area (Å²) < 4.78 is 5.41. The highest BCUT2D eigenvalue weighted by Gasteiger charge is 2.13. The van der Waals surface area contributed by atoms with Crippen LogP contribution < -0.4 is 15.5 Å². The predicted octanol–water partition coefficient (Wildman–Crippen LogP) is 2.83. The Kier molecular flexibility index (Phi) is 8.23. The van der Waals surface area contributed by atoms with E-state index in [1.165, 1.54) is 10.5 Å². The quantitative estimate of drug-likeness (QED) is 0.363. The summed E-state index contributed by atoms with van der Waals surface area (Å²) in [5.41, 5.74) is 2.36. The van der Waals surface area contributed by atoms with Crippen LogP contribution in [0.5, 0.6) is 0 Å². The van der Waals surface area contributed by atoms with E-state index in [2.05, 4.69) is 34.9 Å². The maximum absolute atomic E-state index is 5.90. The molecule has 0 aromatic heterocycles. The van der Waals surface area contributed by atoms with Gasteiger partial charge in [0.15, 0.2) is 5.11 Å². The summed E-state index contributed by atoms with van der Waals surface area (Å²) in [5.74, 6) is 0.935. The van der Waals surface area contributed by atoms with E-state index in [9.17, 15) is 0 Å². The Bertz CT molecular complexity index is 719. The molecule has 27 heavy (non-hydrogen) atoms. The Morgan fingerprint density at radius 2 is 1.78 bits per heavy atom. The normalized spacial score (nSPS) is 14.7. The van der Waals surface area contributed by atoms with Gasteiger partial charge in [0.2, 0.25) is 0 Å². The number of ether oxygens (including phenoxy) is 1. The standard InChI is InChI=1S/C20H24ClN3OS2/c21-17-3-7-19(8-4-17)27-14-9-22-20(26)23-18-5-1-16(2-6-18)15-24-10-12-25-13-11-24/h1-8H,9-15H2,(H2,22,23,26)/p+1. The number of hydrogen-bond donors (Lipinski definition) is 3. The van der Waals surface area contributed by atoms with Crippen molar-refractivity contribution in [3.8, 4) is 0 Å². The average molecular weight is 423 g/mol. The van der Waals surface area contributed by atoms with Gasteiger partial charge < -0.3 is 20.3 Å². The molecule has 1 heterocycles. The van der Waals surface area contributed by atoms with Gasteiger partial charge in [-0.25, -0.2) is 0 Å². The van der Waals surface area contributed by atoms with Gasteiger partial charge in [0, 0.05) is 33.5 Å². The minimum atomic E-state index is 0.651. The molecular formula is C20H25ClN3OS2+. The van der Waals surface area contributed by atoms with Crippen molar-refractivity contribution in [3.05, 3.63) is 59.1 Å². The van der Waals surface area contributed by atoms with E-state index in [4.69, 9.17) is 28.6 Å². The maximum atomic E-state index is 5.90. The van der Waals surface area contributed by atoms with Gasteiger partial charge in [-0.05, 0) is 48.6 Å². The van der Waals surface area contributed by atoms with Gasteiger partial charge in [-0.1, -0.05) is 23.7 Å². The fourth-order valence-corrected chi connectivity index (χ4v) is 3.99. The second-order valence-corrected chi connectivity index (χ2v) is 8.43. The van der Waals surface area contributed by atoms with Crippen molar-refractivity contribution in [2.75, 3.05) is 43.9 Å². The van der Waals surface area contributed by atoms with Gasteiger partial charge in [-0.2, -0.15) is 0 Å². The zero-order chi connectivity index (χ0) is 18.9. The molecule has 3 rings (SSSR count). The van der Waals surface area contributed by atoms with E-state index in [-0.39, 0.29) is 0 Å². The predicted molar refractivity (Wildman–Crippen MR) is 118 cm³/mol. The lowest BCUT2D eigenvalue weighted by atomic mass is 10.2. The first-order valence-electron chi connectivity index (χ1n) is 9.12. The van der Waals surface area contributed by atoms with Crippen LogP contribution in [0.15, 0.2) is 53.4 Å². The first-order valence-corrected chi connectivity index (χ1v) is 10.9. The number of rotatable bonds is 7. The summed E-state index contributed by atoms with van der Waals surface area (Å²) >= 11 is 13.1. The van der Waals surface area contributed by atoms with Crippen molar-refractivity contribution in [2.45, 2.75) is 11.4 Å². The van der Waals surface area contributed by atoms with Crippen LogP contribution in [0.25, 0.3) is 0 Å². The van der Waals surface area contributed by atoms with Gasteiger partial charge in [0.05, 0.1) is 13.2 Å². The SMILES string of the molecule is S=C(NCCSc1ccc(Cl)cc1)Nc1ccc(C[NH+]2CCOCC2)cc1. The molecule has 1 fully saturated rings. The summed E-state index contributed by atoms with van der Waals surface area (Å²) in [6, 6.07) is 16.4. The van der Waals surface area contributed by atoms with Crippen LogP contribution in [-0.2, 0) is 11.3 Å². The molecule has 3 N–H and O–H groups in total. The maximum Gasteiger partial charge on any atom is 0.170 e. The van der Waals surface area contributed by atoms with Crippen LogP contribution >= 0.6 is 35.6 Å². The first-order chi connectivity index (χ1) is 13.2. The number of quaternary nitrogens is 1. The highest BCUT2D eigenvalue weighted by Crippen LogP contribution is 2.19. The fourth-order valence-electron chi connectivity index (χ4n) is 2.87. The van der Waals surface area contributed by atoms with Crippen LogP contribution in [0.1, 0.15) is 5.56 Å². The van der Waals surface area contributed by atoms with Crippen molar-refractivity contribution < 1.29 is 9.64 Å². The summed E-state index contributed by atoms with van der Waals surface area (Å²) in [5, 5.41) is 7.91. The molecule has 0 bridgehead atoms. The number of thiocarbonyl (C=S) groups is 1. The van der Waals surface area contributed by atoms with Gasteiger partial charge in [-0.3, -0.25) is 0 Å². The minimum Gasteiger partial charge on any atom is -0.370 e. The number of anilines is 1. The minimum absolute atomic E-state index is 0.651. The van der Waals surface area contributed by atoms with Gasteiger partial charge in [-0.15, -0.1) is 11.8 Å². The monoisotopic (exact) mass is 422 g/mol. The van der Waals surface area contributed by atoms with Gasteiger partial charge in [0.1, 0.15) is 19.6 Å². The van der Waals surface area contributed by atoms with E-state index in [1.807, 2.05) is 24.3 Å². The Morgan fingerprint density at radius 1 is 1.07 bits per heavy atom. The Balaban J connectivity index is 1.35. The molecule has 0 atom stereocenters. The van der Waals surface area contributed by atoms with Crippen LogP contribution in [0.4, 0.5) is 5.69 Å². The van der Waals surface area contributed by atoms with E-state index >= 15 is 0 Å². The van der Waals surface area contributed by atoms with Crippen molar-refractivity contribution in [1.29, 1.82) is 0 Å². The number of nitrogens with one attached hydrogen (secondary N) is 3. The van der Waals surface area contributed by atoms with E-state index in [0.717, 1.165) is 55.9 Å². The topological polar surface area (TPSA) is 37.7 Å². The fraction of sp³-hybridized carbons (Fsp3) is 0.350. The van der Waals surface area contributed by atoms with Crippen molar-refractivity contribution >= 4 is 46.4 Å². The third-order valence-corrected chi connectivity index (χ3v) is 5.85. The summed E-state index contributed by atoms with van der Waals surface area (Å²) in [7, 11) is 0. The lowest BCUT2D eigenvalue weighted by Gasteiger charge is -2.23. The molecule has 0 radical (unpaired) electrons. The van der Waals surface area contributed by atoms with Crippen molar-refractivity contribution in [3.63, 3.8) is 0 Å². The van der Waals surface area contributed by atoms with Crippen LogP contribution in [-0.4, -0.2) is 43.7 Å². The molecule has 2 aromatic rings. The molecule has 0 aliphatic carbocycles. The Morgan fingerprint density at radius 3 is 2.48 bits per heavy atom. The molecular weight excluding hydrogens is 398 g/mol. The first kappa shape index (κ1) is 20.4. The van der Waals surface area contributed by atoms with Crippen molar-refractivity contribution in [1.82, 2.24) is 5.32 Å². The third kappa shape index (κ3) is 7.31. The summed E-state index contributed by atoms with van der Waals surface area (Å²) in [6.07, 6.45) is 0. The molecule has 1 saturated heterocycles. The molecule has 0 unspecified atom stereocenters. The molecule has 2 aromatic carbocycles. The zero-order valence-electron chi connectivity index (χ0n) is 15.2. The molecule has 1 aliphatic rings. The van der Waals surface area contributed by atoms with Gasteiger partial charge >= 0.3 is 0 Å². The van der Waals surface area contributed by atoms with E-state index < -0.39 is 0 Å². The molecule has 1 aliphatic heterocycles. The Hall–Kier alpha value is -1.31. The van der Waals surface area contributed by atoms with Crippen LogP contribution in [0.2, 0.25) is 5.02 Å². The summed E-state index contributed by atoms with van der Waals surface area (Å²) in [6.45, 7) is 5.76. The highest BCUT2D eigenvalue weighted by molar-refractivity contribution is 7.99. The lowest BCUT2D eigenvalue weighted by molar-refractivity contribution is -0.921. The lowest BCUT2D eigenvalue weighted by Crippen LogP contribution is -3.12. The number of morpholine rings is 1. The molecule has 0 spiro atoms. The molecule has 7 heteroatoms. The zero-order valence-corrected chi connectivity index (χ0v) is 17.6. The van der Waals surface area contributed by atoms with E-state index in [1.54, 1.807) is 16.7 Å². The molecule has 144 valence electrons. The number of thioether (sulfide) groups is 1. The van der Waals surface area contributed by atoms with Crippen LogP contribution in [0.3, 0.4) is 0 Å². The van der Waals surface area contributed by atoms with Gasteiger partial charge in [0.25, 0.3) is 0 Å².